The lowest BCUT2D eigenvalue weighted by molar-refractivity contribution is 0.145. The standard InChI is InChI=1S/C13H18N6O/c1-20-12-10-11(17-13(14)18-12)19(6-16-10)9-4-7-2-3-8(9)15-5-7/h6-9,15H,2-5H2,1H3,(H2,14,17,18). The van der Waals surface area contributed by atoms with Crippen LogP contribution in [-0.2, 0) is 0 Å². The van der Waals surface area contributed by atoms with E-state index in [1.165, 1.54) is 19.3 Å². The van der Waals surface area contributed by atoms with Crippen molar-refractivity contribution in [1.29, 1.82) is 0 Å². The first kappa shape index (κ1) is 11.9. The third-order valence-corrected chi connectivity index (χ3v) is 4.55. The number of nitrogens with one attached hydrogen (secondary N) is 1. The van der Waals surface area contributed by atoms with Crippen molar-refractivity contribution in [2.75, 3.05) is 19.4 Å². The van der Waals surface area contributed by atoms with Crippen LogP contribution in [0.2, 0.25) is 0 Å². The van der Waals surface area contributed by atoms with Gasteiger partial charge in [0.25, 0.3) is 0 Å². The molecule has 2 aliphatic heterocycles. The SMILES string of the molecule is COc1nc(N)nc2c1ncn2C1CC2CCC1NC2. The lowest BCUT2D eigenvalue weighted by atomic mass is 9.78. The van der Waals surface area contributed by atoms with Gasteiger partial charge in [0.05, 0.1) is 19.5 Å². The topological polar surface area (TPSA) is 90.9 Å². The van der Waals surface area contributed by atoms with Gasteiger partial charge in [-0.05, 0) is 31.7 Å². The van der Waals surface area contributed by atoms with E-state index < -0.39 is 0 Å². The number of methoxy groups -OCH3 is 1. The molecule has 3 atom stereocenters. The van der Waals surface area contributed by atoms with Crippen LogP contribution < -0.4 is 15.8 Å². The minimum Gasteiger partial charge on any atom is -0.479 e. The van der Waals surface area contributed by atoms with E-state index in [-0.39, 0.29) is 5.95 Å². The number of nitrogen functional groups attached to an aromatic ring is 1. The van der Waals surface area contributed by atoms with Gasteiger partial charge in [0.2, 0.25) is 11.8 Å². The third kappa shape index (κ3) is 1.66. The fourth-order valence-corrected chi connectivity index (χ4v) is 3.57. The van der Waals surface area contributed by atoms with Crippen LogP contribution in [-0.4, -0.2) is 39.2 Å². The maximum Gasteiger partial charge on any atom is 0.246 e. The van der Waals surface area contributed by atoms with Crippen LogP contribution in [0.25, 0.3) is 11.2 Å². The molecule has 3 N–H and O–H groups in total. The van der Waals surface area contributed by atoms with Gasteiger partial charge in [-0.1, -0.05) is 0 Å². The van der Waals surface area contributed by atoms with Gasteiger partial charge in [-0.25, -0.2) is 4.98 Å². The second kappa shape index (κ2) is 4.31. The van der Waals surface area contributed by atoms with E-state index in [2.05, 4.69) is 24.8 Å². The van der Waals surface area contributed by atoms with Crippen LogP contribution >= 0.6 is 0 Å². The van der Waals surface area contributed by atoms with Gasteiger partial charge in [0, 0.05) is 6.04 Å². The third-order valence-electron chi connectivity index (χ3n) is 4.55. The largest absolute Gasteiger partial charge is 0.479 e. The Morgan fingerprint density at radius 2 is 2.30 bits per heavy atom. The molecular weight excluding hydrogens is 256 g/mol. The molecular formula is C13H18N6O. The van der Waals surface area contributed by atoms with Gasteiger partial charge >= 0.3 is 0 Å². The average Bonchev–Trinajstić information content (AvgIpc) is 2.91. The van der Waals surface area contributed by atoms with Crippen molar-refractivity contribution in [2.24, 2.45) is 5.92 Å². The molecule has 106 valence electrons. The Balaban J connectivity index is 1.82. The molecule has 4 heterocycles. The molecule has 0 spiro atoms. The Kier molecular flexibility index (Phi) is 2.56. The quantitative estimate of drug-likeness (QED) is 0.839. The summed E-state index contributed by atoms with van der Waals surface area (Å²) in [5.74, 6) is 1.42. The van der Waals surface area contributed by atoms with E-state index in [9.17, 15) is 0 Å². The number of fused-ring (bicyclic) bond motifs is 4. The fourth-order valence-electron chi connectivity index (χ4n) is 3.57. The summed E-state index contributed by atoms with van der Waals surface area (Å²) in [5, 5.41) is 3.61. The van der Waals surface area contributed by atoms with E-state index >= 15 is 0 Å². The molecule has 2 aromatic rings. The molecule has 0 aromatic carbocycles. The number of rotatable bonds is 2. The molecule has 3 unspecified atom stereocenters. The van der Waals surface area contributed by atoms with Gasteiger partial charge in [0.15, 0.2) is 11.2 Å². The highest BCUT2D eigenvalue weighted by atomic mass is 16.5. The molecule has 7 nitrogen and oxygen atoms in total. The van der Waals surface area contributed by atoms with Crippen molar-refractivity contribution in [2.45, 2.75) is 31.3 Å². The zero-order chi connectivity index (χ0) is 13.7. The minimum atomic E-state index is 0.227. The van der Waals surface area contributed by atoms with Gasteiger partial charge in [0.1, 0.15) is 0 Å². The Bertz CT molecular complexity index is 646. The van der Waals surface area contributed by atoms with Crippen molar-refractivity contribution in [1.82, 2.24) is 24.8 Å². The Morgan fingerprint density at radius 3 is 2.95 bits per heavy atom. The fraction of sp³-hybridized carbons (Fsp3) is 0.615. The lowest BCUT2D eigenvalue weighted by Crippen LogP contribution is -2.50. The Morgan fingerprint density at radius 1 is 1.40 bits per heavy atom. The predicted molar refractivity (Wildman–Crippen MR) is 74.5 cm³/mol. The monoisotopic (exact) mass is 274 g/mol. The molecule has 2 aromatic heterocycles. The second-order valence-electron chi connectivity index (χ2n) is 5.68. The summed E-state index contributed by atoms with van der Waals surface area (Å²) in [6, 6.07) is 0.895. The van der Waals surface area contributed by atoms with Crippen molar-refractivity contribution in [3.8, 4) is 5.88 Å². The van der Waals surface area contributed by atoms with Crippen LogP contribution in [0.4, 0.5) is 5.95 Å². The Hall–Kier alpha value is -1.89. The zero-order valence-corrected chi connectivity index (χ0v) is 11.4. The maximum absolute atomic E-state index is 5.77. The van der Waals surface area contributed by atoms with E-state index in [0.717, 1.165) is 18.1 Å². The van der Waals surface area contributed by atoms with Crippen molar-refractivity contribution >= 4 is 17.1 Å². The molecule has 2 bridgehead atoms. The summed E-state index contributed by atoms with van der Waals surface area (Å²) < 4.78 is 7.39. The summed E-state index contributed by atoms with van der Waals surface area (Å²) in [6.07, 6.45) is 5.55. The van der Waals surface area contributed by atoms with Crippen LogP contribution in [0.1, 0.15) is 25.3 Å². The average molecular weight is 274 g/mol. The summed E-state index contributed by atoms with van der Waals surface area (Å²) in [5.41, 5.74) is 7.23. The van der Waals surface area contributed by atoms with E-state index in [1.807, 2.05) is 6.33 Å². The van der Waals surface area contributed by atoms with Crippen LogP contribution in [0, 0.1) is 5.92 Å². The van der Waals surface area contributed by atoms with Crippen molar-refractivity contribution in [3.63, 3.8) is 0 Å². The molecule has 3 fully saturated rings. The molecule has 2 saturated heterocycles. The Labute approximate surface area is 116 Å². The number of nitrogens with two attached hydrogens (primary N) is 1. The van der Waals surface area contributed by atoms with E-state index in [0.29, 0.717) is 23.5 Å². The summed E-state index contributed by atoms with van der Waals surface area (Å²) in [6.45, 7) is 1.13. The molecule has 20 heavy (non-hydrogen) atoms. The number of imidazole rings is 1. The first-order valence-corrected chi connectivity index (χ1v) is 7.03. The highest BCUT2D eigenvalue weighted by molar-refractivity contribution is 5.77. The summed E-state index contributed by atoms with van der Waals surface area (Å²) in [7, 11) is 1.57. The molecule has 1 saturated carbocycles. The van der Waals surface area contributed by atoms with E-state index in [4.69, 9.17) is 10.5 Å². The van der Waals surface area contributed by atoms with Crippen LogP contribution in [0.5, 0.6) is 5.88 Å². The molecule has 7 heteroatoms. The number of hydrogen-bond acceptors (Lipinski definition) is 6. The molecule has 0 radical (unpaired) electrons. The number of anilines is 1. The van der Waals surface area contributed by atoms with Crippen LogP contribution in [0.15, 0.2) is 6.33 Å². The molecule has 1 aliphatic carbocycles. The number of hydrogen-bond donors (Lipinski definition) is 2. The zero-order valence-electron chi connectivity index (χ0n) is 11.4. The first-order chi connectivity index (χ1) is 9.76. The number of ether oxygens (including phenoxy) is 1. The molecule has 0 amide bonds. The predicted octanol–water partition coefficient (Wildman–Crippen LogP) is 0.730. The van der Waals surface area contributed by atoms with Gasteiger partial charge in [-0.2, -0.15) is 9.97 Å². The van der Waals surface area contributed by atoms with Crippen molar-refractivity contribution in [3.05, 3.63) is 6.33 Å². The van der Waals surface area contributed by atoms with Gasteiger partial charge in [-0.15, -0.1) is 0 Å². The van der Waals surface area contributed by atoms with E-state index in [1.54, 1.807) is 7.11 Å². The smallest absolute Gasteiger partial charge is 0.246 e. The number of aromatic nitrogens is 4. The highest BCUT2D eigenvalue weighted by Crippen LogP contribution is 2.38. The summed E-state index contributed by atoms with van der Waals surface area (Å²) in [4.78, 5) is 12.9. The lowest BCUT2D eigenvalue weighted by Gasteiger charge is -2.43. The van der Waals surface area contributed by atoms with Crippen LogP contribution in [0.3, 0.4) is 0 Å². The first-order valence-electron chi connectivity index (χ1n) is 7.03. The maximum atomic E-state index is 5.77. The second-order valence-corrected chi connectivity index (χ2v) is 5.68. The summed E-state index contributed by atoms with van der Waals surface area (Å²) >= 11 is 0. The normalized spacial score (nSPS) is 28.9. The number of nitrogens with zero attached hydrogens (tertiary/aromatic N) is 4. The van der Waals surface area contributed by atoms with Crippen molar-refractivity contribution < 1.29 is 4.74 Å². The molecule has 3 aliphatic rings. The van der Waals surface area contributed by atoms with Gasteiger partial charge < -0.3 is 20.4 Å². The number of piperidine rings is 2. The van der Waals surface area contributed by atoms with Gasteiger partial charge in [-0.3, -0.25) is 0 Å². The minimum absolute atomic E-state index is 0.227. The molecule has 5 rings (SSSR count). The highest BCUT2D eigenvalue weighted by Gasteiger charge is 2.37.